The van der Waals surface area contributed by atoms with E-state index in [1.807, 2.05) is 6.92 Å². The molecule has 1 aromatic rings. The molecule has 5 heteroatoms. The van der Waals surface area contributed by atoms with Gasteiger partial charge in [0.2, 0.25) is 5.91 Å². The van der Waals surface area contributed by atoms with Crippen LogP contribution in [0.4, 0.5) is 0 Å². The van der Waals surface area contributed by atoms with Crippen molar-refractivity contribution in [3.05, 3.63) is 16.9 Å². The van der Waals surface area contributed by atoms with Gasteiger partial charge in [0.15, 0.2) is 0 Å². The lowest BCUT2D eigenvalue weighted by Crippen LogP contribution is -2.41. The van der Waals surface area contributed by atoms with Crippen molar-refractivity contribution in [3.8, 4) is 0 Å². The largest absolute Gasteiger partial charge is 0.352 e. The molecule has 2 aliphatic rings. The van der Waals surface area contributed by atoms with Crippen LogP contribution >= 0.6 is 11.6 Å². The molecule has 20 heavy (non-hydrogen) atoms. The summed E-state index contributed by atoms with van der Waals surface area (Å²) in [5.74, 6) is 2.44. The molecule has 0 radical (unpaired) electrons. The van der Waals surface area contributed by atoms with Crippen molar-refractivity contribution in [1.29, 1.82) is 0 Å². The minimum Gasteiger partial charge on any atom is -0.352 e. The zero-order valence-corrected chi connectivity index (χ0v) is 12.9. The number of fused-ring (bicyclic) bond motifs is 2. The van der Waals surface area contributed by atoms with Gasteiger partial charge in [0.1, 0.15) is 6.54 Å². The van der Waals surface area contributed by atoms with Crippen molar-refractivity contribution in [2.24, 2.45) is 17.8 Å². The number of nitrogens with zero attached hydrogens (tertiary/aromatic N) is 2. The minimum atomic E-state index is 0.0273. The van der Waals surface area contributed by atoms with Crippen LogP contribution in [0, 0.1) is 24.7 Å². The maximum Gasteiger partial charge on any atom is 0.241 e. The van der Waals surface area contributed by atoms with Crippen LogP contribution in [0.1, 0.15) is 38.3 Å². The number of aryl methyl sites for hydroxylation is 1. The van der Waals surface area contributed by atoms with Crippen LogP contribution in [-0.4, -0.2) is 21.7 Å². The molecule has 2 aliphatic carbocycles. The molecule has 0 aliphatic heterocycles. The molecule has 4 nitrogen and oxygen atoms in total. The van der Waals surface area contributed by atoms with E-state index in [1.165, 1.54) is 25.7 Å². The van der Waals surface area contributed by atoms with Crippen molar-refractivity contribution in [2.45, 2.75) is 52.1 Å². The highest BCUT2D eigenvalue weighted by Crippen LogP contribution is 2.49. The fourth-order valence-corrected chi connectivity index (χ4v) is 4.19. The van der Waals surface area contributed by atoms with Crippen LogP contribution in [0.3, 0.4) is 0 Å². The Morgan fingerprint density at radius 2 is 2.35 bits per heavy atom. The molecule has 0 aromatic carbocycles. The summed E-state index contributed by atoms with van der Waals surface area (Å²) in [6.07, 6.45) is 7.12. The number of rotatable bonds is 4. The van der Waals surface area contributed by atoms with Gasteiger partial charge < -0.3 is 5.32 Å². The number of carbonyl (C=O) groups is 1. The number of nitrogens with one attached hydrogen (secondary N) is 1. The number of hydrogen-bond donors (Lipinski definition) is 1. The zero-order valence-electron chi connectivity index (χ0n) is 12.1. The van der Waals surface area contributed by atoms with Crippen LogP contribution in [0.2, 0.25) is 5.02 Å². The third-order valence-corrected chi connectivity index (χ3v) is 5.39. The van der Waals surface area contributed by atoms with E-state index >= 15 is 0 Å². The number of halogens is 1. The molecule has 0 unspecified atom stereocenters. The lowest BCUT2D eigenvalue weighted by Gasteiger charge is -2.28. The summed E-state index contributed by atoms with van der Waals surface area (Å²) in [7, 11) is 0. The molecule has 2 fully saturated rings. The van der Waals surface area contributed by atoms with Crippen molar-refractivity contribution >= 4 is 17.5 Å². The lowest BCUT2D eigenvalue weighted by atomic mass is 9.84. The molecular formula is C15H22ClN3O. The second-order valence-electron chi connectivity index (χ2n) is 6.45. The van der Waals surface area contributed by atoms with Gasteiger partial charge in [-0.05, 0) is 50.9 Å². The van der Waals surface area contributed by atoms with E-state index in [4.69, 9.17) is 11.6 Å². The summed E-state index contributed by atoms with van der Waals surface area (Å²) in [5.41, 5.74) is 0.764. The smallest absolute Gasteiger partial charge is 0.241 e. The highest BCUT2D eigenvalue weighted by atomic mass is 35.5. The maximum absolute atomic E-state index is 12.1. The molecule has 2 saturated carbocycles. The molecule has 3 rings (SSSR count). The van der Waals surface area contributed by atoms with Crippen molar-refractivity contribution in [3.63, 3.8) is 0 Å². The van der Waals surface area contributed by atoms with Crippen LogP contribution in [0.5, 0.6) is 0 Å². The van der Waals surface area contributed by atoms with Gasteiger partial charge in [0, 0.05) is 12.2 Å². The minimum absolute atomic E-state index is 0.0273. The monoisotopic (exact) mass is 295 g/mol. The Kier molecular flexibility index (Phi) is 3.76. The Labute approximate surface area is 124 Å². The average molecular weight is 296 g/mol. The zero-order chi connectivity index (χ0) is 14.3. The van der Waals surface area contributed by atoms with Gasteiger partial charge in [-0.2, -0.15) is 5.10 Å². The topological polar surface area (TPSA) is 46.9 Å². The van der Waals surface area contributed by atoms with Crippen LogP contribution in [0.15, 0.2) is 6.20 Å². The van der Waals surface area contributed by atoms with Gasteiger partial charge in [-0.15, -0.1) is 0 Å². The average Bonchev–Trinajstić information content (AvgIpc) is 3.06. The fourth-order valence-electron chi connectivity index (χ4n) is 4.03. The number of carbonyl (C=O) groups excluding carboxylic acids is 1. The highest BCUT2D eigenvalue weighted by Gasteiger charge is 2.42. The first kappa shape index (κ1) is 13.9. The van der Waals surface area contributed by atoms with E-state index in [0.717, 1.165) is 17.5 Å². The Morgan fingerprint density at radius 1 is 1.55 bits per heavy atom. The standard InChI is InChI=1S/C15H22ClN3O/c1-9(13-6-11-3-4-12(13)5-11)17-15(20)8-19-7-14(16)10(2)18-19/h7,9,11-13H,3-6,8H2,1-2H3,(H,17,20)/t9-,11-,12-,13-/m1/s1. The third kappa shape index (κ3) is 2.71. The number of amides is 1. The van der Waals surface area contributed by atoms with Gasteiger partial charge in [0.05, 0.1) is 10.7 Å². The molecule has 0 spiro atoms. The van der Waals surface area contributed by atoms with Gasteiger partial charge in [0.25, 0.3) is 0 Å². The lowest BCUT2D eigenvalue weighted by molar-refractivity contribution is -0.122. The first-order valence-corrected chi connectivity index (χ1v) is 7.89. The van der Waals surface area contributed by atoms with Crippen molar-refractivity contribution in [2.75, 3.05) is 0 Å². The van der Waals surface area contributed by atoms with E-state index in [0.29, 0.717) is 10.9 Å². The molecule has 1 heterocycles. The summed E-state index contributed by atoms with van der Waals surface area (Å²) in [6.45, 7) is 4.23. The summed E-state index contributed by atoms with van der Waals surface area (Å²) >= 11 is 5.95. The molecule has 1 N–H and O–H groups in total. The van der Waals surface area contributed by atoms with Gasteiger partial charge >= 0.3 is 0 Å². The molecule has 2 bridgehead atoms. The van der Waals surface area contributed by atoms with E-state index in [-0.39, 0.29) is 18.5 Å². The van der Waals surface area contributed by atoms with E-state index in [1.54, 1.807) is 10.9 Å². The molecule has 4 atom stereocenters. The van der Waals surface area contributed by atoms with Gasteiger partial charge in [-0.25, -0.2) is 0 Å². The highest BCUT2D eigenvalue weighted by molar-refractivity contribution is 6.31. The van der Waals surface area contributed by atoms with E-state index in [2.05, 4.69) is 17.3 Å². The van der Waals surface area contributed by atoms with Crippen LogP contribution in [0.25, 0.3) is 0 Å². The molecular weight excluding hydrogens is 274 g/mol. The second kappa shape index (κ2) is 5.40. The van der Waals surface area contributed by atoms with Crippen molar-refractivity contribution < 1.29 is 4.79 Å². The predicted octanol–water partition coefficient (Wildman–Crippen LogP) is 2.79. The Morgan fingerprint density at radius 3 is 2.90 bits per heavy atom. The number of hydrogen-bond acceptors (Lipinski definition) is 2. The SMILES string of the molecule is Cc1nn(CC(=O)N[C@H](C)[C@H]2C[C@@H]3CC[C@@H]2C3)cc1Cl. The molecule has 0 saturated heterocycles. The van der Waals surface area contributed by atoms with Gasteiger partial charge in [-0.3, -0.25) is 9.48 Å². The normalized spacial score (nSPS) is 29.6. The predicted molar refractivity (Wildman–Crippen MR) is 78.5 cm³/mol. The third-order valence-electron chi connectivity index (χ3n) is 5.02. The first-order valence-electron chi connectivity index (χ1n) is 7.52. The fraction of sp³-hybridized carbons (Fsp3) is 0.733. The summed E-state index contributed by atoms with van der Waals surface area (Å²) < 4.78 is 1.61. The quantitative estimate of drug-likeness (QED) is 0.928. The Balaban J connectivity index is 1.53. The molecule has 1 amide bonds. The van der Waals surface area contributed by atoms with E-state index in [9.17, 15) is 4.79 Å². The van der Waals surface area contributed by atoms with Crippen LogP contribution < -0.4 is 5.32 Å². The summed E-state index contributed by atoms with van der Waals surface area (Å²) in [6, 6.07) is 0.268. The summed E-state index contributed by atoms with van der Waals surface area (Å²) in [4.78, 5) is 12.1. The second-order valence-corrected chi connectivity index (χ2v) is 6.86. The van der Waals surface area contributed by atoms with Gasteiger partial charge in [-0.1, -0.05) is 18.0 Å². The van der Waals surface area contributed by atoms with Crippen LogP contribution in [-0.2, 0) is 11.3 Å². The first-order chi connectivity index (χ1) is 9.52. The van der Waals surface area contributed by atoms with E-state index < -0.39 is 0 Å². The Bertz CT molecular complexity index is 494. The maximum atomic E-state index is 12.1. The van der Waals surface area contributed by atoms with Crippen molar-refractivity contribution in [1.82, 2.24) is 15.1 Å². The molecule has 1 aromatic heterocycles. The molecule has 110 valence electrons. The number of aromatic nitrogens is 2. The Hall–Kier alpha value is -1.03. The summed E-state index contributed by atoms with van der Waals surface area (Å²) in [5, 5.41) is 7.97.